The van der Waals surface area contributed by atoms with E-state index in [0.717, 1.165) is 6.42 Å². The molecule has 0 spiro atoms. The Morgan fingerprint density at radius 1 is 1.29 bits per heavy atom. The number of ether oxygens (including phenoxy) is 1. The van der Waals surface area contributed by atoms with E-state index in [1.165, 1.54) is 12.0 Å². The standard InChI is InChI=1S/C16H28N2O5S/c1-15(2)8-16(3,4)14(15)18(10(7-24)13(22)23-5)12(21)9(17)6-11(19)20/h9-10,14,24H,6-8,17H2,1-5H3,(H,19,20)/t9-,10+/m0/s1. The van der Waals surface area contributed by atoms with Gasteiger partial charge in [-0.05, 0) is 17.3 Å². The first-order valence-electron chi connectivity index (χ1n) is 7.87. The van der Waals surface area contributed by atoms with Crippen LogP contribution in [0, 0.1) is 10.8 Å². The van der Waals surface area contributed by atoms with E-state index in [0.29, 0.717) is 0 Å². The zero-order chi connectivity index (χ0) is 18.9. The lowest BCUT2D eigenvalue weighted by molar-refractivity contribution is -0.175. The van der Waals surface area contributed by atoms with Crippen molar-refractivity contribution in [2.45, 2.75) is 58.7 Å². The van der Waals surface area contributed by atoms with Crippen LogP contribution in [0.1, 0.15) is 40.5 Å². The maximum absolute atomic E-state index is 12.9. The number of carbonyl (C=O) groups is 3. The summed E-state index contributed by atoms with van der Waals surface area (Å²) in [5.41, 5.74) is 5.35. The number of nitrogens with two attached hydrogens (primary N) is 1. The molecule has 0 saturated heterocycles. The highest BCUT2D eigenvalue weighted by atomic mass is 32.1. The van der Waals surface area contributed by atoms with Gasteiger partial charge in [-0.3, -0.25) is 9.59 Å². The van der Waals surface area contributed by atoms with Crippen LogP contribution in [0.3, 0.4) is 0 Å². The lowest BCUT2D eigenvalue weighted by Gasteiger charge is -2.62. The third kappa shape index (κ3) is 4.03. The SMILES string of the molecule is COC(=O)[C@@H](CS)N(C(=O)[C@@H](N)CC(=O)O)C1C(C)(C)CC1(C)C. The van der Waals surface area contributed by atoms with Crippen molar-refractivity contribution >= 4 is 30.5 Å². The van der Waals surface area contributed by atoms with Gasteiger partial charge in [-0.2, -0.15) is 12.6 Å². The molecular weight excluding hydrogens is 332 g/mol. The van der Waals surface area contributed by atoms with Gasteiger partial charge in [0, 0.05) is 11.8 Å². The molecular formula is C16H28N2O5S. The third-order valence-corrected chi connectivity index (χ3v) is 4.96. The molecule has 1 rings (SSSR count). The number of carboxylic acids is 1. The molecule has 2 atom stereocenters. The summed E-state index contributed by atoms with van der Waals surface area (Å²) in [7, 11) is 1.25. The minimum Gasteiger partial charge on any atom is -0.481 e. The van der Waals surface area contributed by atoms with Gasteiger partial charge >= 0.3 is 11.9 Å². The van der Waals surface area contributed by atoms with E-state index in [-0.39, 0.29) is 22.6 Å². The lowest BCUT2D eigenvalue weighted by Crippen LogP contribution is -2.70. The molecule has 8 heteroatoms. The lowest BCUT2D eigenvalue weighted by atomic mass is 9.51. The number of rotatable bonds is 7. The van der Waals surface area contributed by atoms with Gasteiger partial charge in [-0.1, -0.05) is 27.7 Å². The van der Waals surface area contributed by atoms with Gasteiger partial charge in [0.1, 0.15) is 6.04 Å². The van der Waals surface area contributed by atoms with E-state index in [4.69, 9.17) is 15.6 Å². The molecule has 0 unspecified atom stereocenters. The van der Waals surface area contributed by atoms with Crippen LogP contribution < -0.4 is 5.73 Å². The number of aliphatic carboxylic acids is 1. The Labute approximate surface area is 148 Å². The second-order valence-electron chi connectivity index (χ2n) is 7.73. The van der Waals surface area contributed by atoms with Gasteiger partial charge < -0.3 is 20.5 Å². The summed E-state index contributed by atoms with van der Waals surface area (Å²) in [6, 6.07) is -2.40. The number of hydrogen-bond acceptors (Lipinski definition) is 6. The highest BCUT2D eigenvalue weighted by Crippen LogP contribution is 2.56. The molecule has 1 saturated carbocycles. The number of esters is 1. The van der Waals surface area contributed by atoms with Gasteiger partial charge in [0.15, 0.2) is 0 Å². The minimum absolute atomic E-state index is 0.0703. The monoisotopic (exact) mass is 360 g/mol. The van der Waals surface area contributed by atoms with Gasteiger partial charge in [-0.25, -0.2) is 4.79 Å². The highest BCUT2D eigenvalue weighted by molar-refractivity contribution is 7.80. The van der Waals surface area contributed by atoms with Gasteiger partial charge in [0.05, 0.1) is 19.6 Å². The van der Waals surface area contributed by atoms with Crippen molar-refractivity contribution in [3.63, 3.8) is 0 Å². The Balaban J connectivity index is 3.28. The fraction of sp³-hybridized carbons (Fsp3) is 0.812. The Hall–Kier alpha value is -1.28. The zero-order valence-electron chi connectivity index (χ0n) is 14.9. The van der Waals surface area contributed by atoms with Crippen molar-refractivity contribution in [2.75, 3.05) is 12.9 Å². The molecule has 1 fully saturated rings. The van der Waals surface area contributed by atoms with Crippen LogP contribution in [-0.4, -0.2) is 58.8 Å². The maximum atomic E-state index is 12.9. The van der Waals surface area contributed by atoms with Crippen LogP contribution in [-0.2, 0) is 19.1 Å². The molecule has 0 bridgehead atoms. The summed E-state index contributed by atoms with van der Waals surface area (Å²) < 4.78 is 4.81. The molecule has 24 heavy (non-hydrogen) atoms. The fourth-order valence-electron chi connectivity index (χ4n) is 4.39. The van der Waals surface area contributed by atoms with Gasteiger partial charge in [-0.15, -0.1) is 0 Å². The molecule has 1 aliphatic rings. The third-order valence-electron chi connectivity index (χ3n) is 4.62. The van der Waals surface area contributed by atoms with Crippen LogP contribution in [0.5, 0.6) is 0 Å². The van der Waals surface area contributed by atoms with Crippen molar-refractivity contribution in [2.24, 2.45) is 16.6 Å². The van der Waals surface area contributed by atoms with Gasteiger partial charge in [0.25, 0.3) is 0 Å². The molecule has 0 aromatic carbocycles. The molecule has 0 heterocycles. The molecule has 1 amide bonds. The predicted octanol–water partition coefficient (Wildman–Crippen LogP) is 0.913. The van der Waals surface area contributed by atoms with E-state index in [9.17, 15) is 14.4 Å². The summed E-state index contributed by atoms with van der Waals surface area (Å²) in [6.07, 6.45) is 0.368. The molecule has 0 radical (unpaired) electrons. The Bertz CT molecular complexity index is 507. The molecule has 1 aliphatic carbocycles. The van der Waals surface area contributed by atoms with Crippen LogP contribution in [0.25, 0.3) is 0 Å². The Morgan fingerprint density at radius 2 is 1.79 bits per heavy atom. The largest absolute Gasteiger partial charge is 0.481 e. The number of methoxy groups -OCH3 is 1. The summed E-state index contributed by atoms with van der Waals surface area (Å²) in [4.78, 5) is 37.4. The second kappa shape index (κ2) is 7.31. The zero-order valence-corrected chi connectivity index (χ0v) is 15.8. The van der Waals surface area contributed by atoms with E-state index < -0.39 is 36.4 Å². The minimum atomic E-state index is -1.22. The molecule has 0 aromatic rings. The first-order chi connectivity index (χ1) is 10.9. The van der Waals surface area contributed by atoms with Crippen LogP contribution >= 0.6 is 12.6 Å². The average Bonchev–Trinajstić information content (AvgIpc) is 2.43. The predicted molar refractivity (Wildman–Crippen MR) is 92.7 cm³/mol. The van der Waals surface area contributed by atoms with E-state index in [1.54, 1.807) is 0 Å². The number of nitrogens with zero attached hydrogens (tertiary/aromatic N) is 1. The van der Waals surface area contributed by atoms with Crippen LogP contribution in [0.4, 0.5) is 0 Å². The van der Waals surface area contributed by atoms with E-state index >= 15 is 0 Å². The maximum Gasteiger partial charge on any atom is 0.329 e. The first kappa shape index (κ1) is 20.8. The number of carboxylic acid groups (broad SMARTS) is 1. The number of hydrogen-bond donors (Lipinski definition) is 3. The van der Waals surface area contributed by atoms with Crippen LogP contribution in [0.15, 0.2) is 0 Å². The Morgan fingerprint density at radius 3 is 2.12 bits per heavy atom. The number of amides is 1. The number of carbonyl (C=O) groups excluding carboxylic acids is 2. The molecule has 138 valence electrons. The second-order valence-corrected chi connectivity index (χ2v) is 8.09. The summed E-state index contributed by atoms with van der Waals surface area (Å²) in [6.45, 7) is 8.05. The topological polar surface area (TPSA) is 110 Å². The van der Waals surface area contributed by atoms with Crippen molar-refractivity contribution in [3.8, 4) is 0 Å². The quantitative estimate of drug-likeness (QED) is 0.460. The van der Waals surface area contributed by atoms with E-state index in [1.807, 2.05) is 27.7 Å². The Kier molecular flexibility index (Phi) is 6.32. The van der Waals surface area contributed by atoms with Crippen molar-refractivity contribution < 1.29 is 24.2 Å². The molecule has 3 N–H and O–H groups in total. The van der Waals surface area contributed by atoms with Crippen LogP contribution in [0.2, 0.25) is 0 Å². The smallest absolute Gasteiger partial charge is 0.329 e. The first-order valence-corrected chi connectivity index (χ1v) is 8.50. The summed E-state index contributed by atoms with van der Waals surface area (Å²) in [5.74, 6) is -2.24. The molecule has 7 nitrogen and oxygen atoms in total. The molecule has 0 aliphatic heterocycles. The van der Waals surface area contributed by atoms with Crippen molar-refractivity contribution in [3.05, 3.63) is 0 Å². The fourth-order valence-corrected chi connectivity index (χ4v) is 4.71. The normalized spacial score (nSPS) is 21.3. The van der Waals surface area contributed by atoms with Crippen molar-refractivity contribution in [1.29, 1.82) is 0 Å². The summed E-state index contributed by atoms with van der Waals surface area (Å²) >= 11 is 4.20. The highest BCUT2D eigenvalue weighted by Gasteiger charge is 2.59. The molecule has 0 aromatic heterocycles. The van der Waals surface area contributed by atoms with Gasteiger partial charge in [0.2, 0.25) is 5.91 Å². The summed E-state index contributed by atoms with van der Waals surface area (Å²) in [5, 5.41) is 8.92. The van der Waals surface area contributed by atoms with E-state index in [2.05, 4.69) is 12.6 Å². The average molecular weight is 360 g/mol. The van der Waals surface area contributed by atoms with Crippen molar-refractivity contribution in [1.82, 2.24) is 4.90 Å². The number of thiol groups is 1.